The van der Waals surface area contributed by atoms with E-state index in [4.69, 9.17) is 4.74 Å². The first-order valence-corrected chi connectivity index (χ1v) is 8.99. The van der Waals surface area contributed by atoms with E-state index >= 15 is 0 Å². The third-order valence-electron chi connectivity index (χ3n) is 4.76. The highest BCUT2D eigenvalue weighted by Gasteiger charge is 2.24. The number of hydrogen-bond acceptors (Lipinski definition) is 3. The topological polar surface area (TPSA) is 41.6 Å². The van der Waals surface area contributed by atoms with Crippen LogP contribution in [0.15, 0.2) is 54.6 Å². The minimum Gasteiger partial charge on any atom is -0.492 e. The van der Waals surface area contributed by atoms with E-state index in [0.717, 1.165) is 43.9 Å². The molecular weight excluding hydrogens is 312 g/mol. The minimum absolute atomic E-state index is 0.105. The summed E-state index contributed by atoms with van der Waals surface area (Å²) in [6, 6.07) is 17.8. The van der Waals surface area contributed by atoms with Crippen molar-refractivity contribution in [2.45, 2.75) is 19.8 Å². The van der Waals surface area contributed by atoms with Gasteiger partial charge in [0.05, 0.1) is 0 Å². The highest BCUT2D eigenvalue weighted by Crippen LogP contribution is 2.20. The van der Waals surface area contributed by atoms with Gasteiger partial charge in [-0.25, -0.2) is 0 Å². The lowest BCUT2D eigenvalue weighted by Crippen LogP contribution is -2.39. The van der Waals surface area contributed by atoms with Crippen LogP contribution in [0.3, 0.4) is 0 Å². The number of para-hydroxylation sites is 2. The molecule has 1 aliphatic rings. The van der Waals surface area contributed by atoms with Crippen molar-refractivity contribution in [3.05, 3.63) is 60.2 Å². The fraction of sp³-hybridized carbons (Fsp3) is 0.381. The number of benzene rings is 2. The number of rotatable bonds is 6. The first kappa shape index (κ1) is 17.5. The number of nitrogens with one attached hydrogen (secondary N) is 1. The zero-order chi connectivity index (χ0) is 17.5. The summed E-state index contributed by atoms with van der Waals surface area (Å²) in [5, 5.41) is 3.02. The summed E-state index contributed by atoms with van der Waals surface area (Å²) in [5.41, 5.74) is 2.04. The van der Waals surface area contributed by atoms with Crippen LogP contribution in [0.2, 0.25) is 0 Å². The maximum Gasteiger partial charge on any atom is 0.227 e. The van der Waals surface area contributed by atoms with E-state index in [-0.39, 0.29) is 11.8 Å². The normalized spacial score (nSPS) is 15.7. The molecule has 0 radical (unpaired) electrons. The molecule has 1 N–H and O–H groups in total. The second-order valence-corrected chi connectivity index (χ2v) is 6.59. The maximum absolute atomic E-state index is 12.4. The lowest BCUT2D eigenvalue weighted by molar-refractivity contribution is -0.121. The number of carbonyl (C=O) groups excluding carboxylic acids is 1. The van der Waals surface area contributed by atoms with E-state index < -0.39 is 0 Å². The summed E-state index contributed by atoms with van der Waals surface area (Å²) in [6.07, 6.45) is 1.81. The number of amides is 1. The van der Waals surface area contributed by atoms with Crippen molar-refractivity contribution in [1.29, 1.82) is 0 Å². The van der Waals surface area contributed by atoms with Gasteiger partial charge in [-0.1, -0.05) is 36.4 Å². The predicted molar refractivity (Wildman–Crippen MR) is 101 cm³/mol. The van der Waals surface area contributed by atoms with E-state index in [1.165, 1.54) is 5.56 Å². The molecule has 1 heterocycles. The number of carbonyl (C=O) groups is 1. The quantitative estimate of drug-likeness (QED) is 0.873. The molecule has 132 valence electrons. The Kier molecular flexibility index (Phi) is 6.07. The Hall–Kier alpha value is -2.33. The highest BCUT2D eigenvalue weighted by molar-refractivity contribution is 5.92. The SMILES string of the molecule is Cc1ccccc1OCCN1CCC(C(=O)Nc2ccccc2)CC1. The van der Waals surface area contributed by atoms with E-state index in [0.29, 0.717) is 6.61 Å². The van der Waals surface area contributed by atoms with Crippen molar-refractivity contribution in [2.24, 2.45) is 5.92 Å². The Morgan fingerprint density at radius 1 is 1.08 bits per heavy atom. The van der Waals surface area contributed by atoms with Crippen molar-refractivity contribution >= 4 is 11.6 Å². The first-order valence-electron chi connectivity index (χ1n) is 8.99. The van der Waals surface area contributed by atoms with E-state index in [2.05, 4.69) is 23.2 Å². The van der Waals surface area contributed by atoms with Gasteiger partial charge in [-0.15, -0.1) is 0 Å². The van der Waals surface area contributed by atoms with Crippen molar-refractivity contribution in [1.82, 2.24) is 4.90 Å². The Morgan fingerprint density at radius 3 is 2.48 bits per heavy atom. The van der Waals surface area contributed by atoms with Gasteiger partial charge >= 0.3 is 0 Å². The average Bonchev–Trinajstić information content (AvgIpc) is 2.65. The number of piperidine rings is 1. The number of likely N-dealkylation sites (tertiary alicyclic amines) is 1. The minimum atomic E-state index is 0.105. The fourth-order valence-electron chi connectivity index (χ4n) is 3.19. The molecule has 0 unspecified atom stereocenters. The second kappa shape index (κ2) is 8.67. The molecule has 0 spiro atoms. The standard InChI is InChI=1S/C21H26N2O2/c1-17-7-5-6-10-20(17)25-16-15-23-13-11-18(12-14-23)21(24)22-19-8-3-2-4-9-19/h2-10,18H,11-16H2,1H3,(H,22,24). The summed E-state index contributed by atoms with van der Waals surface area (Å²) < 4.78 is 5.87. The number of ether oxygens (including phenoxy) is 1. The fourth-order valence-corrected chi connectivity index (χ4v) is 3.19. The zero-order valence-electron chi connectivity index (χ0n) is 14.8. The molecule has 4 heteroatoms. The molecule has 0 aliphatic carbocycles. The van der Waals surface area contributed by atoms with Crippen molar-refractivity contribution in [3.8, 4) is 5.75 Å². The van der Waals surface area contributed by atoms with Gasteiger partial charge in [0.15, 0.2) is 0 Å². The van der Waals surface area contributed by atoms with Gasteiger partial charge in [0.25, 0.3) is 0 Å². The number of anilines is 1. The van der Waals surface area contributed by atoms with Crippen LogP contribution >= 0.6 is 0 Å². The molecule has 1 amide bonds. The molecule has 0 bridgehead atoms. The molecular formula is C21H26N2O2. The third kappa shape index (κ3) is 5.07. The lowest BCUT2D eigenvalue weighted by atomic mass is 9.96. The number of hydrogen-bond donors (Lipinski definition) is 1. The molecule has 0 atom stereocenters. The average molecular weight is 338 g/mol. The largest absolute Gasteiger partial charge is 0.492 e. The van der Waals surface area contributed by atoms with Crippen LogP contribution in [0, 0.1) is 12.8 Å². The summed E-state index contributed by atoms with van der Waals surface area (Å²) >= 11 is 0. The maximum atomic E-state index is 12.4. The summed E-state index contributed by atoms with van der Waals surface area (Å²) in [4.78, 5) is 14.7. The molecule has 0 saturated carbocycles. The smallest absolute Gasteiger partial charge is 0.227 e. The zero-order valence-corrected chi connectivity index (χ0v) is 14.8. The molecule has 2 aromatic carbocycles. The third-order valence-corrected chi connectivity index (χ3v) is 4.76. The van der Waals surface area contributed by atoms with Crippen LogP contribution in [-0.4, -0.2) is 37.0 Å². The Morgan fingerprint density at radius 2 is 1.76 bits per heavy atom. The van der Waals surface area contributed by atoms with E-state index in [9.17, 15) is 4.79 Å². The van der Waals surface area contributed by atoms with Gasteiger partial charge in [-0.05, 0) is 56.6 Å². The predicted octanol–water partition coefficient (Wildman–Crippen LogP) is 3.72. The van der Waals surface area contributed by atoms with Gasteiger partial charge in [0.2, 0.25) is 5.91 Å². The van der Waals surface area contributed by atoms with Crippen molar-refractivity contribution < 1.29 is 9.53 Å². The first-order chi connectivity index (χ1) is 12.2. The van der Waals surface area contributed by atoms with Gasteiger partial charge < -0.3 is 10.1 Å². The molecule has 0 aromatic heterocycles. The van der Waals surface area contributed by atoms with Crippen LogP contribution in [0.4, 0.5) is 5.69 Å². The Labute approximate surface area is 149 Å². The van der Waals surface area contributed by atoms with Crippen LogP contribution in [0.25, 0.3) is 0 Å². The van der Waals surface area contributed by atoms with Gasteiger partial charge in [-0.3, -0.25) is 9.69 Å². The monoisotopic (exact) mass is 338 g/mol. The lowest BCUT2D eigenvalue weighted by Gasteiger charge is -2.31. The van der Waals surface area contributed by atoms with Gasteiger partial charge in [0.1, 0.15) is 12.4 Å². The van der Waals surface area contributed by atoms with Crippen LogP contribution in [0.5, 0.6) is 5.75 Å². The molecule has 1 aliphatic heterocycles. The van der Waals surface area contributed by atoms with Gasteiger partial charge in [0, 0.05) is 18.2 Å². The van der Waals surface area contributed by atoms with Crippen molar-refractivity contribution in [3.63, 3.8) is 0 Å². The molecule has 1 saturated heterocycles. The van der Waals surface area contributed by atoms with Gasteiger partial charge in [-0.2, -0.15) is 0 Å². The molecule has 4 nitrogen and oxygen atoms in total. The molecule has 25 heavy (non-hydrogen) atoms. The van der Waals surface area contributed by atoms with Crippen LogP contribution in [0.1, 0.15) is 18.4 Å². The summed E-state index contributed by atoms with van der Waals surface area (Å²) in [7, 11) is 0. The molecule has 3 rings (SSSR count). The van der Waals surface area contributed by atoms with Crippen molar-refractivity contribution in [2.75, 3.05) is 31.6 Å². The van der Waals surface area contributed by atoms with Crippen LogP contribution in [-0.2, 0) is 4.79 Å². The number of aryl methyl sites for hydroxylation is 1. The molecule has 1 fully saturated rings. The summed E-state index contributed by atoms with van der Waals surface area (Å²) in [5.74, 6) is 1.20. The Bertz CT molecular complexity index is 679. The highest BCUT2D eigenvalue weighted by atomic mass is 16.5. The van der Waals surface area contributed by atoms with E-state index in [1.54, 1.807) is 0 Å². The number of nitrogens with zero attached hydrogens (tertiary/aromatic N) is 1. The molecule has 2 aromatic rings. The summed E-state index contributed by atoms with van der Waals surface area (Å²) in [6.45, 7) is 5.55. The second-order valence-electron chi connectivity index (χ2n) is 6.59. The Balaban J connectivity index is 1.38. The van der Waals surface area contributed by atoms with E-state index in [1.807, 2.05) is 48.5 Å². The van der Waals surface area contributed by atoms with Crippen LogP contribution < -0.4 is 10.1 Å².